The highest BCUT2D eigenvalue weighted by atomic mass is 32.1. The molecular weight excluding hydrogens is 275 g/mol. The van der Waals surface area contributed by atoms with Gasteiger partial charge in [-0.2, -0.15) is 0 Å². The van der Waals surface area contributed by atoms with Gasteiger partial charge in [0.25, 0.3) is 0 Å². The maximum atomic E-state index is 14.4. The van der Waals surface area contributed by atoms with Gasteiger partial charge in [0.15, 0.2) is 0 Å². The van der Waals surface area contributed by atoms with E-state index in [0.717, 1.165) is 25.8 Å². The van der Waals surface area contributed by atoms with E-state index in [1.165, 1.54) is 6.42 Å². The molecular formula is C15H21FN2OS. The molecule has 2 rings (SSSR count). The summed E-state index contributed by atoms with van der Waals surface area (Å²) < 4.78 is 14.4. The SMILES string of the molecule is NC(=S)c1cccc(CN2CCCCCC2CO)c1F. The summed E-state index contributed by atoms with van der Waals surface area (Å²) in [7, 11) is 0. The number of aliphatic hydroxyl groups excluding tert-OH is 1. The molecule has 1 aromatic rings. The molecule has 3 nitrogen and oxygen atoms in total. The molecule has 1 heterocycles. The molecule has 5 heteroatoms. The smallest absolute Gasteiger partial charge is 0.137 e. The third-order valence-electron chi connectivity index (χ3n) is 3.93. The van der Waals surface area contributed by atoms with Crippen LogP contribution in [0, 0.1) is 5.82 Å². The zero-order valence-electron chi connectivity index (χ0n) is 11.5. The van der Waals surface area contributed by atoms with Crippen molar-refractivity contribution in [2.45, 2.75) is 38.3 Å². The molecule has 1 aromatic carbocycles. The molecule has 3 N–H and O–H groups in total. The molecule has 0 saturated carbocycles. The lowest BCUT2D eigenvalue weighted by molar-refractivity contribution is 0.117. The van der Waals surface area contributed by atoms with E-state index in [-0.39, 0.29) is 23.5 Å². The third-order valence-corrected chi connectivity index (χ3v) is 4.15. The van der Waals surface area contributed by atoms with Crippen LogP contribution >= 0.6 is 12.2 Å². The van der Waals surface area contributed by atoms with Crippen LogP contribution in [0.2, 0.25) is 0 Å². The van der Waals surface area contributed by atoms with E-state index in [2.05, 4.69) is 4.90 Å². The second kappa shape index (κ2) is 7.11. The molecule has 0 amide bonds. The summed E-state index contributed by atoms with van der Waals surface area (Å²) in [6.45, 7) is 1.51. The van der Waals surface area contributed by atoms with E-state index in [4.69, 9.17) is 18.0 Å². The second-order valence-corrected chi connectivity index (χ2v) is 5.74. The first kappa shape index (κ1) is 15.4. The third kappa shape index (κ3) is 3.53. The predicted molar refractivity (Wildman–Crippen MR) is 82.0 cm³/mol. The molecule has 1 saturated heterocycles. The lowest BCUT2D eigenvalue weighted by Crippen LogP contribution is -2.37. The van der Waals surface area contributed by atoms with Crippen molar-refractivity contribution < 1.29 is 9.50 Å². The Morgan fingerprint density at radius 1 is 1.40 bits per heavy atom. The van der Waals surface area contributed by atoms with Gasteiger partial charge in [0.2, 0.25) is 0 Å². The van der Waals surface area contributed by atoms with Crippen molar-refractivity contribution in [2.24, 2.45) is 5.73 Å². The minimum atomic E-state index is -0.332. The van der Waals surface area contributed by atoms with Gasteiger partial charge in [0.05, 0.1) is 6.61 Å². The predicted octanol–water partition coefficient (Wildman–Crippen LogP) is 2.20. The summed E-state index contributed by atoms with van der Waals surface area (Å²) in [5, 5.41) is 9.50. The lowest BCUT2D eigenvalue weighted by atomic mass is 10.1. The molecule has 0 bridgehead atoms. The van der Waals surface area contributed by atoms with Crippen molar-refractivity contribution in [1.29, 1.82) is 0 Å². The molecule has 0 aromatic heterocycles. The van der Waals surface area contributed by atoms with Gasteiger partial charge in [-0.1, -0.05) is 37.2 Å². The largest absolute Gasteiger partial charge is 0.395 e. The Hall–Kier alpha value is -1.04. The number of thiocarbonyl (C=S) groups is 1. The topological polar surface area (TPSA) is 49.5 Å². The van der Waals surface area contributed by atoms with Crippen molar-refractivity contribution >= 4 is 17.2 Å². The first-order chi connectivity index (χ1) is 9.63. The Labute approximate surface area is 124 Å². The number of nitrogens with two attached hydrogens (primary N) is 1. The van der Waals surface area contributed by atoms with Gasteiger partial charge in [-0.15, -0.1) is 0 Å². The van der Waals surface area contributed by atoms with E-state index in [0.29, 0.717) is 17.7 Å². The molecule has 1 aliphatic rings. The number of hydrogen-bond donors (Lipinski definition) is 2. The van der Waals surface area contributed by atoms with Crippen molar-refractivity contribution in [1.82, 2.24) is 4.90 Å². The Bertz CT molecular complexity index is 481. The summed E-state index contributed by atoms with van der Waals surface area (Å²) in [6.07, 6.45) is 4.35. The van der Waals surface area contributed by atoms with Gasteiger partial charge in [-0.05, 0) is 25.5 Å². The number of likely N-dealkylation sites (tertiary alicyclic amines) is 1. The van der Waals surface area contributed by atoms with Crippen LogP contribution in [-0.4, -0.2) is 34.2 Å². The average Bonchev–Trinajstić information content (AvgIpc) is 2.65. The molecule has 0 spiro atoms. The fraction of sp³-hybridized carbons (Fsp3) is 0.533. The van der Waals surface area contributed by atoms with Gasteiger partial charge in [0, 0.05) is 23.7 Å². The second-order valence-electron chi connectivity index (χ2n) is 5.30. The first-order valence-electron chi connectivity index (χ1n) is 7.05. The number of aliphatic hydroxyl groups is 1. The van der Waals surface area contributed by atoms with Crippen LogP contribution < -0.4 is 5.73 Å². The lowest BCUT2D eigenvalue weighted by Gasteiger charge is -2.28. The van der Waals surface area contributed by atoms with Gasteiger partial charge >= 0.3 is 0 Å². The summed E-state index contributed by atoms with van der Waals surface area (Å²) in [5.74, 6) is -0.332. The number of nitrogens with zero attached hydrogens (tertiary/aromatic N) is 1. The number of benzene rings is 1. The Morgan fingerprint density at radius 3 is 2.90 bits per heavy atom. The van der Waals surface area contributed by atoms with Gasteiger partial charge in [-0.3, -0.25) is 4.90 Å². The van der Waals surface area contributed by atoms with Crippen LogP contribution in [0.4, 0.5) is 4.39 Å². The summed E-state index contributed by atoms with van der Waals surface area (Å²) in [4.78, 5) is 2.24. The van der Waals surface area contributed by atoms with Crippen molar-refractivity contribution in [3.63, 3.8) is 0 Å². The van der Waals surface area contributed by atoms with E-state index in [1.54, 1.807) is 18.2 Å². The first-order valence-corrected chi connectivity index (χ1v) is 7.46. The van der Waals surface area contributed by atoms with Crippen LogP contribution in [0.15, 0.2) is 18.2 Å². The quantitative estimate of drug-likeness (QED) is 0.836. The molecule has 0 aliphatic carbocycles. The molecule has 0 radical (unpaired) electrons. The molecule has 1 fully saturated rings. The highest BCUT2D eigenvalue weighted by Crippen LogP contribution is 2.21. The highest BCUT2D eigenvalue weighted by molar-refractivity contribution is 7.80. The molecule has 1 aliphatic heterocycles. The Morgan fingerprint density at radius 2 is 2.20 bits per heavy atom. The van der Waals surface area contributed by atoms with Crippen molar-refractivity contribution in [3.05, 3.63) is 35.1 Å². The summed E-state index contributed by atoms with van der Waals surface area (Å²) in [5.41, 5.74) is 6.43. The minimum Gasteiger partial charge on any atom is -0.395 e. The Balaban J connectivity index is 2.19. The van der Waals surface area contributed by atoms with Gasteiger partial charge < -0.3 is 10.8 Å². The molecule has 1 unspecified atom stereocenters. The number of hydrogen-bond acceptors (Lipinski definition) is 3. The minimum absolute atomic E-state index is 0.0823. The van der Waals surface area contributed by atoms with Crippen LogP contribution in [-0.2, 0) is 6.54 Å². The van der Waals surface area contributed by atoms with Gasteiger partial charge in [-0.25, -0.2) is 4.39 Å². The molecule has 1 atom stereocenters. The van der Waals surface area contributed by atoms with E-state index in [1.807, 2.05) is 0 Å². The van der Waals surface area contributed by atoms with Crippen molar-refractivity contribution in [2.75, 3.05) is 13.2 Å². The maximum Gasteiger partial charge on any atom is 0.137 e. The van der Waals surface area contributed by atoms with Crippen molar-refractivity contribution in [3.8, 4) is 0 Å². The number of halogens is 1. The normalized spacial score (nSPS) is 20.6. The zero-order chi connectivity index (χ0) is 14.5. The Kier molecular flexibility index (Phi) is 5.46. The van der Waals surface area contributed by atoms with Gasteiger partial charge in [0.1, 0.15) is 10.8 Å². The van der Waals surface area contributed by atoms with E-state index in [9.17, 15) is 9.50 Å². The summed E-state index contributed by atoms with van der Waals surface area (Å²) >= 11 is 4.87. The standard InChI is InChI=1S/C15H21FN2OS/c16-14-11(5-4-7-13(14)15(17)20)9-18-8-3-1-2-6-12(18)10-19/h4-5,7,12,19H,1-3,6,8-10H2,(H2,17,20). The fourth-order valence-corrected chi connectivity index (χ4v) is 2.92. The van der Waals surface area contributed by atoms with E-state index >= 15 is 0 Å². The highest BCUT2D eigenvalue weighted by Gasteiger charge is 2.22. The average molecular weight is 296 g/mol. The summed E-state index contributed by atoms with van der Waals surface area (Å²) in [6, 6.07) is 5.26. The number of rotatable bonds is 4. The molecule has 20 heavy (non-hydrogen) atoms. The monoisotopic (exact) mass is 296 g/mol. The zero-order valence-corrected chi connectivity index (χ0v) is 12.3. The van der Waals surface area contributed by atoms with Crippen LogP contribution in [0.5, 0.6) is 0 Å². The fourth-order valence-electron chi connectivity index (χ4n) is 2.76. The van der Waals surface area contributed by atoms with Crippen LogP contribution in [0.1, 0.15) is 36.8 Å². The maximum absolute atomic E-state index is 14.4. The van der Waals surface area contributed by atoms with Crippen LogP contribution in [0.3, 0.4) is 0 Å². The molecule has 110 valence electrons. The van der Waals surface area contributed by atoms with E-state index < -0.39 is 0 Å². The van der Waals surface area contributed by atoms with Crippen LogP contribution in [0.25, 0.3) is 0 Å².